The van der Waals surface area contributed by atoms with E-state index in [1.54, 1.807) is 17.0 Å². The molecule has 1 aromatic rings. The van der Waals surface area contributed by atoms with Crippen LogP contribution in [0.2, 0.25) is 0 Å². The molecular weight excluding hydrogens is 235 g/mol. The van der Waals surface area contributed by atoms with Crippen molar-refractivity contribution in [2.75, 3.05) is 24.6 Å². The van der Waals surface area contributed by atoms with Gasteiger partial charge in [0.1, 0.15) is 5.82 Å². The fourth-order valence-corrected chi connectivity index (χ4v) is 1.93. The van der Waals surface area contributed by atoms with Gasteiger partial charge in [0.15, 0.2) is 11.9 Å². The molecule has 0 amide bonds. The summed E-state index contributed by atoms with van der Waals surface area (Å²) in [6.45, 7) is 2.67. The summed E-state index contributed by atoms with van der Waals surface area (Å²) in [6, 6.07) is 6.41. The van der Waals surface area contributed by atoms with Crippen molar-refractivity contribution < 1.29 is 13.9 Å². The lowest BCUT2D eigenvalue weighted by atomic mass is 10.1. The van der Waals surface area contributed by atoms with Gasteiger partial charge in [0, 0.05) is 12.1 Å². The highest BCUT2D eigenvalue weighted by molar-refractivity contribution is 5.94. The van der Waals surface area contributed by atoms with Crippen molar-refractivity contribution in [2.45, 2.75) is 13.0 Å². The molecular formula is C13H13FN2O2. The Labute approximate surface area is 105 Å². The van der Waals surface area contributed by atoms with Gasteiger partial charge in [0.2, 0.25) is 0 Å². The molecule has 0 saturated carbocycles. The fraction of sp³-hybridized carbons (Fsp3) is 0.385. The molecule has 0 bridgehead atoms. The summed E-state index contributed by atoms with van der Waals surface area (Å²) in [5.41, 5.74) is 0.755. The number of anilines is 1. The molecule has 1 aliphatic heterocycles. The van der Waals surface area contributed by atoms with Crippen LogP contribution < -0.4 is 4.90 Å². The molecule has 2 rings (SSSR count). The quantitative estimate of drug-likeness (QED) is 0.748. The molecule has 1 saturated heterocycles. The molecule has 0 radical (unpaired) electrons. The zero-order chi connectivity index (χ0) is 13.1. The second-order valence-electron chi connectivity index (χ2n) is 4.16. The van der Waals surface area contributed by atoms with Crippen LogP contribution in [0.5, 0.6) is 0 Å². The first-order valence-electron chi connectivity index (χ1n) is 5.68. The third-order valence-electron chi connectivity index (χ3n) is 2.91. The summed E-state index contributed by atoms with van der Waals surface area (Å²) in [5, 5.41) is 8.80. The Bertz CT molecular complexity index is 510. The maximum atomic E-state index is 13.9. The molecule has 1 unspecified atom stereocenters. The number of morpholine rings is 1. The van der Waals surface area contributed by atoms with Gasteiger partial charge in [-0.25, -0.2) is 4.39 Å². The lowest BCUT2D eigenvalue weighted by Gasteiger charge is -2.31. The number of rotatable bonds is 2. The number of benzene rings is 1. The third-order valence-corrected chi connectivity index (χ3v) is 2.91. The molecule has 4 nitrogen and oxygen atoms in total. The molecule has 94 valence electrons. The van der Waals surface area contributed by atoms with Crippen LogP contribution >= 0.6 is 0 Å². The van der Waals surface area contributed by atoms with Crippen LogP contribution in [0.4, 0.5) is 10.1 Å². The van der Waals surface area contributed by atoms with Gasteiger partial charge in [-0.2, -0.15) is 5.26 Å². The van der Waals surface area contributed by atoms with Crippen molar-refractivity contribution in [3.8, 4) is 6.07 Å². The number of hydrogen-bond donors (Lipinski definition) is 0. The summed E-state index contributed by atoms with van der Waals surface area (Å²) in [5.74, 6) is -0.612. The number of halogens is 1. The van der Waals surface area contributed by atoms with Crippen molar-refractivity contribution in [3.63, 3.8) is 0 Å². The summed E-state index contributed by atoms with van der Waals surface area (Å²) < 4.78 is 19.1. The zero-order valence-corrected chi connectivity index (χ0v) is 10.0. The number of carbonyl (C=O) groups excluding carboxylic acids is 1. The van der Waals surface area contributed by atoms with Crippen LogP contribution in [0.3, 0.4) is 0 Å². The maximum absolute atomic E-state index is 13.9. The Kier molecular flexibility index (Phi) is 3.58. The SMILES string of the molecule is CC(=O)c1ccc(N2CCOC(C#N)C2)c(F)c1. The van der Waals surface area contributed by atoms with Crippen LogP contribution in [-0.2, 0) is 4.74 Å². The van der Waals surface area contributed by atoms with Crippen molar-refractivity contribution in [1.29, 1.82) is 5.26 Å². The van der Waals surface area contributed by atoms with E-state index in [1.807, 2.05) is 6.07 Å². The van der Waals surface area contributed by atoms with E-state index in [-0.39, 0.29) is 5.78 Å². The predicted octanol–water partition coefficient (Wildman–Crippen LogP) is 1.76. The summed E-state index contributed by atoms with van der Waals surface area (Å²) in [6.07, 6.45) is -0.536. The van der Waals surface area contributed by atoms with E-state index >= 15 is 0 Å². The van der Waals surface area contributed by atoms with E-state index in [0.717, 1.165) is 0 Å². The van der Waals surface area contributed by atoms with E-state index in [9.17, 15) is 9.18 Å². The molecule has 1 aromatic carbocycles. The first kappa shape index (κ1) is 12.5. The second-order valence-corrected chi connectivity index (χ2v) is 4.16. The number of nitrogens with zero attached hydrogens (tertiary/aromatic N) is 2. The lowest BCUT2D eigenvalue weighted by Crippen LogP contribution is -2.42. The van der Waals surface area contributed by atoms with Crippen molar-refractivity contribution in [2.24, 2.45) is 0 Å². The first-order valence-corrected chi connectivity index (χ1v) is 5.68. The molecule has 1 heterocycles. The number of hydrogen-bond acceptors (Lipinski definition) is 4. The molecule has 0 aliphatic carbocycles. The number of ether oxygens (including phenoxy) is 1. The van der Waals surface area contributed by atoms with Gasteiger partial charge in [-0.1, -0.05) is 0 Å². The summed E-state index contributed by atoms with van der Waals surface area (Å²) in [4.78, 5) is 12.9. The highest BCUT2D eigenvalue weighted by atomic mass is 19.1. The average molecular weight is 248 g/mol. The number of Topliss-reactive ketones (excluding diaryl/α,β-unsaturated/α-hetero) is 1. The van der Waals surface area contributed by atoms with Crippen LogP contribution in [0.1, 0.15) is 17.3 Å². The largest absolute Gasteiger partial charge is 0.363 e. The molecule has 1 atom stereocenters. The zero-order valence-electron chi connectivity index (χ0n) is 10.0. The Morgan fingerprint density at radius 3 is 3.00 bits per heavy atom. The Morgan fingerprint density at radius 1 is 1.61 bits per heavy atom. The number of ketones is 1. The van der Waals surface area contributed by atoms with Crippen LogP contribution in [0.15, 0.2) is 18.2 Å². The minimum atomic E-state index is -0.536. The summed E-state index contributed by atoms with van der Waals surface area (Å²) in [7, 11) is 0. The normalized spacial score (nSPS) is 19.4. The minimum Gasteiger partial charge on any atom is -0.363 e. The molecule has 18 heavy (non-hydrogen) atoms. The Morgan fingerprint density at radius 2 is 2.39 bits per heavy atom. The van der Waals surface area contributed by atoms with Crippen LogP contribution in [0.25, 0.3) is 0 Å². The van der Waals surface area contributed by atoms with Gasteiger partial charge >= 0.3 is 0 Å². The number of carbonyl (C=O) groups is 1. The van der Waals surface area contributed by atoms with E-state index in [2.05, 4.69) is 0 Å². The van der Waals surface area contributed by atoms with Crippen LogP contribution in [-0.4, -0.2) is 31.6 Å². The lowest BCUT2D eigenvalue weighted by molar-refractivity contribution is 0.0762. The topological polar surface area (TPSA) is 53.3 Å². The molecule has 0 spiro atoms. The van der Waals surface area contributed by atoms with Crippen molar-refractivity contribution >= 4 is 11.5 Å². The van der Waals surface area contributed by atoms with Gasteiger partial charge < -0.3 is 9.64 Å². The standard InChI is InChI=1S/C13H13FN2O2/c1-9(17)10-2-3-13(12(14)6-10)16-4-5-18-11(7-15)8-16/h2-3,6,11H,4-5,8H2,1H3. The van der Waals surface area contributed by atoms with E-state index in [4.69, 9.17) is 10.00 Å². The molecule has 5 heteroatoms. The smallest absolute Gasteiger partial charge is 0.161 e. The summed E-state index contributed by atoms with van der Waals surface area (Å²) >= 11 is 0. The highest BCUT2D eigenvalue weighted by Gasteiger charge is 2.22. The first-order chi connectivity index (χ1) is 8.61. The number of nitriles is 1. The highest BCUT2D eigenvalue weighted by Crippen LogP contribution is 2.22. The minimum absolute atomic E-state index is 0.169. The molecule has 1 fully saturated rings. The van der Waals surface area contributed by atoms with Crippen molar-refractivity contribution in [1.82, 2.24) is 0 Å². The van der Waals surface area contributed by atoms with E-state index in [1.165, 1.54) is 13.0 Å². The Balaban J connectivity index is 2.23. The van der Waals surface area contributed by atoms with E-state index < -0.39 is 11.9 Å². The van der Waals surface area contributed by atoms with Gasteiger partial charge in [-0.3, -0.25) is 4.79 Å². The molecule has 1 aliphatic rings. The van der Waals surface area contributed by atoms with Gasteiger partial charge in [0.05, 0.1) is 24.9 Å². The monoisotopic (exact) mass is 248 g/mol. The van der Waals surface area contributed by atoms with Gasteiger partial charge in [0.25, 0.3) is 0 Å². The average Bonchev–Trinajstić information content (AvgIpc) is 2.38. The van der Waals surface area contributed by atoms with Gasteiger partial charge in [-0.05, 0) is 25.1 Å². The second kappa shape index (κ2) is 5.15. The van der Waals surface area contributed by atoms with Gasteiger partial charge in [-0.15, -0.1) is 0 Å². The molecule has 0 N–H and O–H groups in total. The molecule has 0 aromatic heterocycles. The fourth-order valence-electron chi connectivity index (χ4n) is 1.93. The predicted molar refractivity (Wildman–Crippen MR) is 64.0 cm³/mol. The Hall–Kier alpha value is -1.93. The maximum Gasteiger partial charge on any atom is 0.161 e. The third kappa shape index (κ3) is 2.49. The van der Waals surface area contributed by atoms with E-state index in [0.29, 0.717) is 30.9 Å². The van der Waals surface area contributed by atoms with Crippen molar-refractivity contribution in [3.05, 3.63) is 29.6 Å². The van der Waals surface area contributed by atoms with Crippen LogP contribution in [0, 0.1) is 17.1 Å².